The zero-order valence-electron chi connectivity index (χ0n) is 14.4. The Kier molecular flexibility index (Phi) is 3.85. The Bertz CT molecular complexity index is 872. The highest BCUT2D eigenvalue weighted by Gasteiger charge is 2.63. The highest BCUT2D eigenvalue weighted by Crippen LogP contribution is 2.53. The van der Waals surface area contributed by atoms with E-state index in [-0.39, 0.29) is 35.6 Å². The van der Waals surface area contributed by atoms with Crippen LogP contribution in [0.25, 0.3) is 10.4 Å². The summed E-state index contributed by atoms with van der Waals surface area (Å²) in [6, 6.07) is 9.76. The molecule has 4 unspecified atom stereocenters. The lowest BCUT2D eigenvalue weighted by atomic mass is 9.81. The van der Waals surface area contributed by atoms with E-state index in [1.54, 1.807) is 11.3 Å². The van der Waals surface area contributed by atoms with Crippen molar-refractivity contribution in [3.05, 3.63) is 45.8 Å². The van der Waals surface area contributed by atoms with Crippen molar-refractivity contribution in [2.75, 3.05) is 0 Å². The van der Waals surface area contributed by atoms with Crippen LogP contribution in [0.15, 0.2) is 30.3 Å². The van der Waals surface area contributed by atoms with Crippen molar-refractivity contribution < 1.29 is 14.3 Å². The molecule has 4 atom stereocenters. The van der Waals surface area contributed by atoms with Crippen LogP contribution in [-0.4, -0.2) is 23.8 Å². The number of hydrogen-bond acceptors (Lipinski definition) is 4. The summed E-state index contributed by atoms with van der Waals surface area (Å²) in [5.41, 5.74) is 1.99. The Hall–Kier alpha value is -1.49. The molecular weight excluding hydrogens is 368 g/mol. The van der Waals surface area contributed by atoms with E-state index in [4.69, 9.17) is 16.3 Å². The molecule has 1 aromatic heterocycles. The van der Waals surface area contributed by atoms with Crippen molar-refractivity contribution in [3.8, 4) is 10.4 Å². The Labute approximate surface area is 161 Å². The van der Waals surface area contributed by atoms with Crippen LogP contribution in [0.1, 0.15) is 36.1 Å². The predicted octanol–water partition coefficient (Wildman–Crippen LogP) is 4.66. The summed E-state index contributed by atoms with van der Waals surface area (Å²) in [7, 11) is 0. The number of benzene rings is 1. The lowest BCUT2D eigenvalue weighted by molar-refractivity contribution is -0.127. The first-order chi connectivity index (χ1) is 12.6. The average Bonchev–Trinajstić information content (AvgIpc) is 3.39. The van der Waals surface area contributed by atoms with Crippen LogP contribution in [0.3, 0.4) is 0 Å². The topological polar surface area (TPSA) is 43.4 Å². The third-order valence-corrected chi connectivity index (χ3v) is 7.70. The van der Waals surface area contributed by atoms with Crippen LogP contribution in [0.5, 0.6) is 0 Å². The number of ketones is 2. The summed E-state index contributed by atoms with van der Waals surface area (Å²) in [6.07, 6.45) is 2.58. The number of carbonyl (C=O) groups is 2. The molecule has 134 valence electrons. The van der Waals surface area contributed by atoms with Gasteiger partial charge in [0.05, 0.1) is 24.0 Å². The molecule has 26 heavy (non-hydrogen) atoms. The van der Waals surface area contributed by atoms with Crippen LogP contribution < -0.4 is 0 Å². The van der Waals surface area contributed by atoms with Crippen molar-refractivity contribution in [2.45, 2.75) is 44.3 Å². The fraction of sp³-hybridized carbons (Fsp3) is 0.429. The van der Waals surface area contributed by atoms with Gasteiger partial charge in [-0.25, -0.2) is 0 Å². The van der Waals surface area contributed by atoms with Gasteiger partial charge < -0.3 is 4.74 Å². The van der Waals surface area contributed by atoms with Gasteiger partial charge in [-0.3, -0.25) is 9.59 Å². The van der Waals surface area contributed by atoms with E-state index in [0.29, 0.717) is 5.02 Å². The molecule has 1 aliphatic carbocycles. The Balaban J connectivity index is 1.55. The predicted molar refractivity (Wildman–Crippen MR) is 102 cm³/mol. The fourth-order valence-electron chi connectivity index (χ4n) is 4.95. The van der Waals surface area contributed by atoms with Crippen molar-refractivity contribution in [1.29, 1.82) is 0 Å². The number of aryl methyl sites for hydroxylation is 1. The minimum atomic E-state index is -0.593. The van der Waals surface area contributed by atoms with Crippen LogP contribution in [0.2, 0.25) is 5.02 Å². The molecule has 0 spiro atoms. The largest absolute Gasteiger partial charge is 0.373 e. The Morgan fingerprint density at radius 1 is 1.08 bits per heavy atom. The molecule has 2 aromatic rings. The maximum absolute atomic E-state index is 13.1. The van der Waals surface area contributed by atoms with Gasteiger partial charge in [0.2, 0.25) is 0 Å². The monoisotopic (exact) mass is 386 g/mol. The van der Waals surface area contributed by atoms with E-state index < -0.39 is 5.92 Å². The SMILES string of the molecule is CCc1sc(-c2ccc(Cl)cc2)cc1C1C(=O)C2C3CCC(O3)C2C1=O. The number of rotatable bonds is 3. The number of ether oxygens (including phenoxy) is 1. The average molecular weight is 387 g/mol. The smallest absolute Gasteiger partial charge is 0.154 e. The third kappa shape index (κ3) is 2.29. The van der Waals surface area contributed by atoms with Gasteiger partial charge in [0.1, 0.15) is 5.92 Å². The molecule has 3 fully saturated rings. The number of halogens is 1. The Morgan fingerprint density at radius 3 is 2.27 bits per heavy atom. The molecule has 1 aromatic carbocycles. The maximum atomic E-state index is 13.1. The molecule has 2 saturated heterocycles. The lowest BCUT2D eigenvalue weighted by Crippen LogP contribution is -2.29. The highest BCUT2D eigenvalue weighted by molar-refractivity contribution is 7.15. The number of hydrogen-bond donors (Lipinski definition) is 0. The van der Waals surface area contributed by atoms with Gasteiger partial charge in [0.25, 0.3) is 0 Å². The summed E-state index contributed by atoms with van der Waals surface area (Å²) in [5.74, 6) is -0.848. The normalized spacial score (nSPS) is 32.5. The summed E-state index contributed by atoms with van der Waals surface area (Å²) in [6.45, 7) is 2.08. The van der Waals surface area contributed by atoms with Crippen molar-refractivity contribution in [3.63, 3.8) is 0 Å². The second-order valence-corrected chi connectivity index (χ2v) is 9.00. The standard InChI is InChI=1S/C21H19ClO3S/c1-2-15-12(9-16(26-15)10-3-5-11(22)6-4-10)17-20(23)18-13-7-8-14(25-13)19(18)21(17)24/h3-6,9,13-14,17-19H,2,7-8H2,1H3. The van der Waals surface area contributed by atoms with Crippen molar-refractivity contribution in [1.82, 2.24) is 0 Å². The summed E-state index contributed by atoms with van der Waals surface area (Å²) in [4.78, 5) is 28.5. The van der Waals surface area contributed by atoms with Gasteiger partial charge in [-0.2, -0.15) is 0 Å². The molecule has 5 rings (SSSR count). The molecule has 0 radical (unpaired) electrons. The first-order valence-corrected chi connectivity index (χ1v) is 10.4. The van der Waals surface area contributed by atoms with Crippen LogP contribution >= 0.6 is 22.9 Å². The number of thiophene rings is 1. The van der Waals surface area contributed by atoms with E-state index in [1.165, 1.54) is 0 Å². The number of carbonyl (C=O) groups excluding carboxylic acids is 2. The lowest BCUT2D eigenvalue weighted by Gasteiger charge is -2.16. The zero-order valence-corrected chi connectivity index (χ0v) is 16.0. The molecule has 3 aliphatic rings. The summed E-state index contributed by atoms with van der Waals surface area (Å²) < 4.78 is 5.86. The summed E-state index contributed by atoms with van der Waals surface area (Å²) in [5, 5.41) is 0.700. The molecule has 3 nitrogen and oxygen atoms in total. The second-order valence-electron chi connectivity index (χ2n) is 7.43. The first kappa shape index (κ1) is 16.7. The zero-order chi connectivity index (χ0) is 18.0. The van der Waals surface area contributed by atoms with Crippen molar-refractivity contribution >= 4 is 34.5 Å². The molecule has 5 heteroatoms. The molecule has 2 aliphatic heterocycles. The van der Waals surface area contributed by atoms with Gasteiger partial charge >= 0.3 is 0 Å². The third-order valence-electron chi connectivity index (χ3n) is 6.10. The van der Waals surface area contributed by atoms with Crippen LogP contribution in [-0.2, 0) is 20.7 Å². The first-order valence-electron chi connectivity index (χ1n) is 9.20. The van der Waals surface area contributed by atoms with E-state index in [1.807, 2.05) is 24.3 Å². The molecule has 0 N–H and O–H groups in total. The second kappa shape index (κ2) is 6.01. The van der Waals surface area contributed by atoms with E-state index in [2.05, 4.69) is 13.0 Å². The molecule has 3 heterocycles. The van der Waals surface area contributed by atoms with Gasteiger partial charge in [-0.05, 0) is 48.6 Å². The molecule has 1 saturated carbocycles. The highest BCUT2D eigenvalue weighted by atomic mass is 35.5. The Morgan fingerprint density at radius 2 is 1.69 bits per heavy atom. The molecular formula is C21H19ClO3S. The van der Waals surface area contributed by atoms with E-state index in [9.17, 15) is 9.59 Å². The number of Topliss-reactive ketones (excluding diaryl/α,β-unsaturated/α-hetero) is 2. The quantitative estimate of drug-likeness (QED) is 0.720. The van der Waals surface area contributed by atoms with Gasteiger partial charge in [0, 0.05) is 14.8 Å². The van der Waals surface area contributed by atoms with Crippen molar-refractivity contribution in [2.24, 2.45) is 11.8 Å². The molecule has 2 bridgehead atoms. The van der Waals surface area contributed by atoms with Crippen LogP contribution in [0.4, 0.5) is 0 Å². The minimum Gasteiger partial charge on any atom is -0.373 e. The van der Waals surface area contributed by atoms with E-state index >= 15 is 0 Å². The van der Waals surface area contributed by atoms with Gasteiger partial charge in [-0.1, -0.05) is 30.7 Å². The van der Waals surface area contributed by atoms with Gasteiger partial charge in [-0.15, -0.1) is 11.3 Å². The summed E-state index contributed by atoms with van der Waals surface area (Å²) >= 11 is 7.67. The van der Waals surface area contributed by atoms with Crippen LogP contribution in [0, 0.1) is 11.8 Å². The van der Waals surface area contributed by atoms with Gasteiger partial charge in [0.15, 0.2) is 11.6 Å². The van der Waals surface area contributed by atoms with E-state index in [0.717, 1.165) is 40.1 Å². The number of fused-ring (bicyclic) bond motifs is 5. The minimum absolute atomic E-state index is 0.0362. The molecule has 0 amide bonds. The fourth-order valence-corrected chi connectivity index (χ4v) is 6.22. The maximum Gasteiger partial charge on any atom is 0.154 e.